The standard InChI is InChI=1S/C18H24N4O2/c1-3-14-12-16(24-20-14)13-21(2)15-7-10-22(11-8-15)18(23)17-6-4-5-9-19-17/h4-6,9,12,15H,3,7-8,10-11,13H2,1-2H3. The van der Waals surface area contributed by atoms with Crippen molar-refractivity contribution in [3.8, 4) is 0 Å². The molecule has 1 fully saturated rings. The van der Waals surface area contributed by atoms with Crippen LogP contribution in [0, 0.1) is 0 Å². The highest BCUT2D eigenvalue weighted by Gasteiger charge is 2.26. The monoisotopic (exact) mass is 328 g/mol. The molecule has 128 valence electrons. The number of hydrogen-bond acceptors (Lipinski definition) is 5. The van der Waals surface area contributed by atoms with E-state index in [-0.39, 0.29) is 5.91 Å². The maximum absolute atomic E-state index is 12.4. The molecule has 0 bridgehead atoms. The molecule has 0 unspecified atom stereocenters. The van der Waals surface area contributed by atoms with Crippen molar-refractivity contribution in [3.63, 3.8) is 0 Å². The minimum absolute atomic E-state index is 0.0273. The third-order valence-electron chi connectivity index (χ3n) is 4.63. The molecule has 6 nitrogen and oxygen atoms in total. The molecule has 1 amide bonds. The minimum atomic E-state index is 0.0273. The van der Waals surface area contributed by atoms with Gasteiger partial charge >= 0.3 is 0 Å². The number of nitrogens with zero attached hydrogens (tertiary/aromatic N) is 4. The molecule has 24 heavy (non-hydrogen) atoms. The van der Waals surface area contributed by atoms with Crippen LogP contribution < -0.4 is 0 Å². The molecule has 6 heteroatoms. The molecule has 1 aliphatic rings. The van der Waals surface area contributed by atoms with E-state index in [1.807, 2.05) is 23.1 Å². The number of amides is 1. The van der Waals surface area contributed by atoms with Crippen LogP contribution in [0.25, 0.3) is 0 Å². The quantitative estimate of drug-likeness (QED) is 0.843. The first-order valence-electron chi connectivity index (χ1n) is 8.52. The summed E-state index contributed by atoms with van der Waals surface area (Å²) in [5, 5.41) is 4.04. The van der Waals surface area contributed by atoms with Gasteiger partial charge in [0.25, 0.3) is 5.91 Å². The molecule has 0 aromatic carbocycles. The van der Waals surface area contributed by atoms with Crippen LogP contribution >= 0.6 is 0 Å². The highest BCUT2D eigenvalue weighted by Crippen LogP contribution is 2.19. The first kappa shape index (κ1) is 16.6. The summed E-state index contributed by atoms with van der Waals surface area (Å²) in [5.41, 5.74) is 1.52. The van der Waals surface area contributed by atoms with E-state index in [0.29, 0.717) is 11.7 Å². The second-order valence-corrected chi connectivity index (χ2v) is 6.29. The Morgan fingerprint density at radius 1 is 1.38 bits per heavy atom. The van der Waals surface area contributed by atoms with Gasteiger partial charge in [0, 0.05) is 31.4 Å². The SMILES string of the molecule is CCc1cc(CN(C)C2CCN(C(=O)c3ccccn3)CC2)on1. The van der Waals surface area contributed by atoms with E-state index < -0.39 is 0 Å². The van der Waals surface area contributed by atoms with Gasteiger partial charge in [-0.25, -0.2) is 0 Å². The molecule has 1 saturated heterocycles. The van der Waals surface area contributed by atoms with Crippen molar-refractivity contribution >= 4 is 5.91 Å². The van der Waals surface area contributed by atoms with Gasteiger partial charge < -0.3 is 9.42 Å². The fraction of sp³-hybridized carbons (Fsp3) is 0.500. The topological polar surface area (TPSA) is 62.5 Å². The lowest BCUT2D eigenvalue weighted by Crippen LogP contribution is -2.45. The molecule has 0 spiro atoms. The summed E-state index contributed by atoms with van der Waals surface area (Å²) in [6.45, 7) is 4.35. The number of carbonyl (C=O) groups is 1. The summed E-state index contributed by atoms with van der Waals surface area (Å²) >= 11 is 0. The second kappa shape index (κ2) is 7.57. The van der Waals surface area contributed by atoms with Gasteiger partial charge in [-0.2, -0.15) is 0 Å². The van der Waals surface area contributed by atoms with Gasteiger partial charge in [0.1, 0.15) is 5.69 Å². The van der Waals surface area contributed by atoms with E-state index in [1.54, 1.807) is 12.3 Å². The Labute approximate surface area is 142 Å². The molecule has 0 aliphatic carbocycles. The summed E-state index contributed by atoms with van der Waals surface area (Å²) in [7, 11) is 2.11. The van der Waals surface area contributed by atoms with Gasteiger partial charge in [0.2, 0.25) is 0 Å². The minimum Gasteiger partial charge on any atom is -0.360 e. The molecule has 2 aromatic heterocycles. The molecule has 3 rings (SSSR count). The van der Waals surface area contributed by atoms with Crippen LogP contribution in [0.4, 0.5) is 0 Å². The van der Waals surface area contributed by atoms with E-state index >= 15 is 0 Å². The fourth-order valence-corrected chi connectivity index (χ4v) is 3.13. The second-order valence-electron chi connectivity index (χ2n) is 6.29. The highest BCUT2D eigenvalue weighted by molar-refractivity contribution is 5.92. The largest absolute Gasteiger partial charge is 0.360 e. The van der Waals surface area contributed by atoms with E-state index in [4.69, 9.17) is 4.52 Å². The van der Waals surface area contributed by atoms with Crippen molar-refractivity contribution in [2.24, 2.45) is 0 Å². The zero-order chi connectivity index (χ0) is 16.9. The van der Waals surface area contributed by atoms with Gasteiger partial charge in [-0.1, -0.05) is 18.1 Å². The Kier molecular flexibility index (Phi) is 5.25. The lowest BCUT2D eigenvalue weighted by molar-refractivity contribution is 0.0625. The van der Waals surface area contributed by atoms with Crippen molar-refractivity contribution in [1.82, 2.24) is 19.9 Å². The van der Waals surface area contributed by atoms with Crippen molar-refractivity contribution in [2.75, 3.05) is 20.1 Å². The number of aryl methyl sites for hydroxylation is 1. The molecule has 1 aliphatic heterocycles. The van der Waals surface area contributed by atoms with Crippen LogP contribution in [0.5, 0.6) is 0 Å². The number of carbonyl (C=O) groups excluding carboxylic acids is 1. The smallest absolute Gasteiger partial charge is 0.272 e. The Morgan fingerprint density at radius 2 is 2.17 bits per heavy atom. The van der Waals surface area contributed by atoms with E-state index in [2.05, 4.69) is 29.0 Å². The molecule has 3 heterocycles. The van der Waals surface area contributed by atoms with Gasteiger partial charge in [-0.05, 0) is 38.4 Å². The maximum Gasteiger partial charge on any atom is 0.272 e. The van der Waals surface area contributed by atoms with Gasteiger partial charge in [0.05, 0.1) is 12.2 Å². The summed E-state index contributed by atoms with van der Waals surface area (Å²) in [4.78, 5) is 20.8. The average molecular weight is 328 g/mol. The summed E-state index contributed by atoms with van der Waals surface area (Å²) in [5.74, 6) is 0.931. The van der Waals surface area contributed by atoms with Crippen molar-refractivity contribution in [1.29, 1.82) is 0 Å². The zero-order valence-electron chi connectivity index (χ0n) is 14.3. The molecular weight excluding hydrogens is 304 g/mol. The zero-order valence-corrected chi connectivity index (χ0v) is 14.3. The summed E-state index contributed by atoms with van der Waals surface area (Å²) in [6.07, 6.45) is 4.48. The third-order valence-corrected chi connectivity index (χ3v) is 4.63. The molecule has 0 saturated carbocycles. The fourth-order valence-electron chi connectivity index (χ4n) is 3.13. The van der Waals surface area contributed by atoms with Crippen LogP contribution in [0.1, 0.15) is 41.7 Å². The summed E-state index contributed by atoms with van der Waals surface area (Å²) in [6, 6.07) is 7.92. The maximum atomic E-state index is 12.4. The molecular formula is C18H24N4O2. The Bertz CT molecular complexity index is 663. The Morgan fingerprint density at radius 3 is 2.79 bits per heavy atom. The van der Waals surface area contributed by atoms with E-state index in [9.17, 15) is 4.79 Å². The van der Waals surface area contributed by atoms with Crippen LogP contribution in [-0.4, -0.2) is 52.0 Å². The number of rotatable bonds is 5. The van der Waals surface area contributed by atoms with Gasteiger partial charge in [0.15, 0.2) is 5.76 Å². The van der Waals surface area contributed by atoms with Crippen molar-refractivity contribution < 1.29 is 9.32 Å². The number of hydrogen-bond donors (Lipinski definition) is 0. The number of piperidine rings is 1. The van der Waals surface area contributed by atoms with Crippen molar-refractivity contribution in [2.45, 2.75) is 38.8 Å². The average Bonchev–Trinajstić information content (AvgIpc) is 3.09. The van der Waals surface area contributed by atoms with Crippen LogP contribution in [0.3, 0.4) is 0 Å². The van der Waals surface area contributed by atoms with Crippen molar-refractivity contribution in [3.05, 3.63) is 47.6 Å². The Balaban J connectivity index is 1.52. The molecule has 0 atom stereocenters. The van der Waals surface area contributed by atoms with Gasteiger partial charge in [-0.3, -0.25) is 14.7 Å². The van der Waals surface area contributed by atoms with Crippen LogP contribution in [-0.2, 0) is 13.0 Å². The number of likely N-dealkylation sites (tertiary alicyclic amines) is 1. The normalized spacial score (nSPS) is 15.9. The predicted molar refractivity (Wildman–Crippen MR) is 90.5 cm³/mol. The van der Waals surface area contributed by atoms with E-state index in [1.165, 1.54) is 0 Å². The third kappa shape index (κ3) is 3.82. The highest BCUT2D eigenvalue weighted by atomic mass is 16.5. The van der Waals surface area contributed by atoms with Crippen LogP contribution in [0.15, 0.2) is 35.0 Å². The first-order valence-corrected chi connectivity index (χ1v) is 8.52. The van der Waals surface area contributed by atoms with Crippen LogP contribution in [0.2, 0.25) is 0 Å². The molecule has 0 radical (unpaired) electrons. The number of pyridine rings is 1. The molecule has 0 N–H and O–H groups in total. The first-order chi connectivity index (χ1) is 11.7. The van der Waals surface area contributed by atoms with E-state index in [0.717, 1.165) is 50.4 Å². The Hall–Kier alpha value is -2.21. The lowest BCUT2D eigenvalue weighted by atomic mass is 10.0. The predicted octanol–water partition coefficient (Wildman–Crippen LogP) is 2.37. The molecule has 2 aromatic rings. The summed E-state index contributed by atoms with van der Waals surface area (Å²) < 4.78 is 5.37. The van der Waals surface area contributed by atoms with Gasteiger partial charge in [-0.15, -0.1) is 0 Å². The lowest BCUT2D eigenvalue weighted by Gasteiger charge is -2.36. The number of aromatic nitrogens is 2.